The lowest BCUT2D eigenvalue weighted by atomic mass is 9.98. The molecule has 0 saturated carbocycles. The van der Waals surface area contributed by atoms with Crippen molar-refractivity contribution in [1.82, 2.24) is 36.1 Å². The number of nitrogens with zero attached hydrogens (tertiary/aromatic N) is 2. The Bertz CT molecular complexity index is 2260. The zero-order valence-electron chi connectivity index (χ0n) is 32.0. The van der Waals surface area contributed by atoms with E-state index in [1.54, 1.807) is 44.3 Å². The SMILES string of the molecule is CC[C@H](C)[C@H](N)C(=O)N[C@H](CC(=O)O)C(=O)N[C@@H](Cc1c[nH]c2ccccc12)C(=O)N[C@@H](C)C(=O)c1cc(-c2sc(NC(=O)c3ccc(OC)cc3)nc2C)[nH]n1. The van der Waals surface area contributed by atoms with Crippen LogP contribution in [0.15, 0.2) is 60.8 Å². The number of aromatic amines is 2. The summed E-state index contributed by atoms with van der Waals surface area (Å²) in [5.41, 5.74) is 8.95. The van der Waals surface area contributed by atoms with Gasteiger partial charge in [0.15, 0.2) is 5.13 Å². The maximum Gasteiger partial charge on any atom is 0.305 e. The predicted molar refractivity (Wildman–Crippen MR) is 213 cm³/mol. The Balaban J connectivity index is 1.31. The maximum atomic E-state index is 13.9. The Morgan fingerprint density at radius 2 is 1.63 bits per heavy atom. The number of hydrogen-bond acceptors (Lipinski definition) is 11. The van der Waals surface area contributed by atoms with E-state index in [0.717, 1.165) is 10.9 Å². The molecule has 18 heteroatoms. The lowest BCUT2D eigenvalue weighted by Gasteiger charge is -2.25. The number of anilines is 1. The number of Topliss-reactive ketones (excluding diaryl/α,β-unsaturated/α-hetero) is 1. The quantitative estimate of drug-likeness (QED) is 0.0596. The number of carbonyl (C=O) groups excluding carboxylic acids is 5. The summed E-state index contributed by atoms with van der Waals surface area (Å²) in [7, 11) is 1.53. The molecule has 3 heterocycles. The molecule has 57 heavy (non-hydrogen) atoms. The number of rotatable bonds is 18. The number of nitrogens with two attached hydrogens (primary N) is 1. The standard InChI is InChI=1S/C39H45N9O8S/c1-6-19(2)32(40)38(55)45-30(17-31(49)50)37(54)44-29(15-23-18-41-26-10-8-7-9-25(23)26)36(53)42-20(3)33(51)27-16-28(48-47-27)34-21(4)43-39(57-34)46-35(52)22-11-13-24(56-5)14-12-22/h7-14,16,18-20,29-30,32,41H,6,15,17,40H2,1-5H3,(H,42,53)(H,44,54)(H,45,55)(H,47,48)(H,49,50)(H,43,46,52)/t19-,20-,29-,30+,32-/m0/s1. The molecule has 5 atom stereocenters. The van der Waals surface area contributed by atoms with Crippen LogP contribution in [0.25, 0.3) is 21.5 Å². The molecule has 17 nitrogen and oxygen atoms in total. The second-order valence-corrected chi connectivity index (χ2v) is 14.6. The molecule has 5 rings (SSSR count). The van der Waals surface area contributed by atoms with E-state index in [0.29, 0.717) is 44.7 Å². The third kappa shape index (κ3) is 10.3. The molecule has 3 aromatic heterocycles. The number of hydrogen-bond donors (Lipinski definition) is 8. The summed E-state index contributed by atoms with van der Waals surface area (Å²) in [4.78, 5) is 86.7. The largest absolute Gasteiger partial charge is 0.497 e. The van der Waals surface area contributed by atoms with E-state index in [-0.39, 0.29) is 23.9 Å². The van der Waals surface area contributed by atoms with Gasteiger partial charge in [-0.05, 0) is 61.7 Å². The molecule has 0 bridgehead atoms. The number of aryl methyl sites for hydroxylation is 1. The van der Waals surface area contributed by atoms with Gasteiger partial charge in [0.2, 0.25) is 23.5 Å². The molecule has 2 aromatic carbocycles. The number of thiazole rings is 1. The number of amides is 4. The van der Waals surface area contributed by atoms with Crippen LogP contribution in [-0.4, -0.2) is 91.9 Å². The molecule has 0 aliphatic carbocycles. The van der Waals surface area contributed by atoms with E-state index in [4.69, 9.17) is 10.5 Å². The number of para-hydroxylation sites is 1. The highest BCUT2D eigenvalue weighted by atomic mass is 32.1. The Morgan fingerprint density at radius 3 is 2.32 bits per heavy atom. The van der Waals surface area contributed by atoms with Crippen molar-refractivity contribution in [2.45, 2.75) is 71.1 Å². The fraction of sp³-hybridized carbons (Fsp3) is 0.333. The molecular weight excluding hydrogens is 755 g/mol. The predicted octanol–water partition coefficient (Wildman–Crippen LogP) is 3.33. The minimum atomic E-state index is -1.55. The second-order valence-electron chi connectivity index (χ2n) is 13.6. The number of carbonyl (C=O) groups is 6. The number of H-pyrrole nitrogens is 2. The van der Waals surface area contributed by atoms with Crippen molar-refractivity contribution in [3.63, 3.8) is 0 Å². The van der Waals surface area contributed by atoms with Crippen LogP contribution in [-0.2, 0) is 25.6 Å². The number of benzene rings is 2. The lowest BCUT2D eigenvalue weighted by molar-refractivity contribution is -0.141. The third-order valence-electron chi connectivity index (χ3n) is 9.50. The summed E-state index contributed by atoms with van der Waals surface area (Å²) in [6, 6.07) is 10.5. The topological polar surface area (TPSA) is 263 Å². The van der Waals surface area contributed by atoms with Crippen LogP contribution in [0.3, 0.4) is 0 Å². The molecule has 0 radical (unpaired) electrons. The second kappa shape index (κ2) is 18.5. The number of carboxylic acids is 1. The summed E-state index contributed by atoms with van der Waals surface area (Å²) in [5.74, 6) is -4.26. The van der Waals surface area contributed by atoms with E-state index in [9.17, 15) is 33.9 Å². The summed E-state index contributed by atoms with van der Waals surface area (Å²) >= 11 is 1.18. The van der Waals surface area contributed by atoms with Crippen molar-refractivity contribution in [3.8, 4) is 16.3 Å². The average Bonchev–Trinajstić information content (AvgIpc) is 3.94. The van der Waals surface area contributed by atoms with Gasteiger partial charge in [0.25, 0.3) is 5.91 Å². The highest BCUT2D eigenvalue weighted by Gasteiger charge is 2.32. The number of aromatic nitrogens is 4. The number of ketones is 1. The van der Waals surface area contributed by atoms with Gasteiger partial charge < -0.3 is 36.5 Å². The number of ether oxygens (including phenoxy) is 1. The summed E-state index contributed by atoms with van der Waals surface area (Å²) in [6.07, 6.45) is 1.46. The van der Waals surface area contributed by atoms with Crippen molar-refractivity contribution in [2.24, 2.45) is 11.7 Å². The number of methoxy groups -OCH3 is 1. The van der Waals surface area contributed by atoms with E-state index in [2.05, 4.69) is 41.4 Å². The van der Waals surface area contributed by atoms with Gasteiger partial charge in [-0.15, -0.1) is 0 Å². The lowest BCUT2D eigenvalue weighted by Crippen LogP contribution is -2.58. The smallest absolute Gasteiger partial charge is 0.305 e. The first-order valence-electron chi connectivity index (χ1n) is 18.1. The minimum Gasteiger partial charge on any atom is -0.497 e. The molecule has 0 spiro atoms. The molecule has 0 aliphatic rings. The van der Waals surface area contributed by atoms with Gasteiger partial charge in [-0.3, -0.25) is 39.2 Å². The van der Waals surface area contributed by atoms with Crippen molar-refractivity contribution in [1.29, 1.82) is 0 Å². The van der Waals surface area contributed by atoms with Crippen LogP contribution in [0.2, 0.25) is 0 Å². The van der Waals surface area contributed by atoms with Gasteiger partial charge in [-0.2, -0.15) is 5.10 Å². The highest BCUT2D eigenvalue weighted by molar-refractivity contribution is 7.19. The number of aliphatic carboxylic acids is 1. The zero-order valence-corrected chi connectivity index (χ0v) is 32.8. The Kier molecular flexibility index (Phi) is 13.5. The Labute approximate surface area is 331 Å². The maximum absolute atomic E-state index is 13.9. The fourth-order valence-electron chi connectivity index (χ4n) is 5.94. The van der Waals surface area contributed by atoms with Crippen LogP contribution >= 0.6 is 11.3 Å². The monoisotopic (exact) mass is 799 g/mol. The molecule has 0 aliphatic heterocycles. The first-order chi connectivity index (χ1) is 27.2. The van der Waals surface area contributed by atoms with Gasteiger partial charge in [0.05, 0.1) is 41.9 Å². The first kappa shape index (κ1) is 41.8. The van der Waals surface area contributed by atoms with Gasteiger partial charge in [0, 0.05) is 29.1 Å². The van der Waals surface area contributed by atoms with Crippen LogP contribution in [0, 0.1) is 12.8 Å². The number of nitrogens with one attached hydrogen (secondary N) is 6. The van der Waals surface area contributed by atoms with Gasteiger partial charge in [0.1, 0.15) is 23.5 Å². The molecule has 4 amide bonds. The normalized spacial score (nSPS) is 13.8. The summed E-state index contributed by atoms with van der Waals surface area (Å²) in [6.45, 7) is 6.81. The fourth-order valence-corrected chi connectivity index (χ4v) is 6.87. The van der Waals surface area contributed by atoms with Crippen molar-refractivity contribution in [2.75, 3.05) is 12.4 Å². The van der Waals surface area contributed by atoms with E-state index >= 15 is 0 Å². The Morgan fingerprint density at radius 1 is 0.947 bits per heavy atom. The molecule has 5 aromatic rings. The zero-order chi connectivity index (χ0) is 41.4. The summed E-state index contributed by atoms with van der Waals surface area (Å²) < 4.78 is 5.14. The van der Waals surface area contributed by atoms with E-state index in [1.165, 1.54) is 31.4 Å². The Hall–Kier alpha value is -6.40. The van der Waals surface area contributed by atoms with Gasteiger partial charge in [-0.25, -0.2) is 4.98 Å². The van der Waals surface area contributed by atoms with Crippen molar-refractivity contribution in [3.05, 3.63) is 83.3 Å². The molecular formula is C39H45N9O8S. The molecule has 0 fully saturated rings. The molecule has 0 unspecified atom stereocenters. The van der Waals surface area contributed by atoms with E-state index < -0.39 is 60.1 Å². The van der Waals surface area contributed by atoms with Crippen molar-refractivity contribution < 1.29 is 38.6 Å². The van der Waals surface area contributed by atoms with Crippen LogP contribution in [0.4, 0.5) is 5.13 Å². The van der Waals surface area contributed by atoms with Crippen LogP contribution in [0.1, 0.15) is 65.7 Å². The first-order valence-corrected chi connectivity index (χ1v) is 19.0. The third-order valence-corrected chi connectivity index (χ3v) is 10.6. The highest BCUT2D eigenvalue weighted by Crippen LogP contribution is 2.32. The molecule has 9 N–H and O–H groups in total. The van der Waals surface area contributed by atoms with Crippen molar-refractivity contribution >= 4 is 62.8 Å². The number of carboxylic acid groups (broad SMARTS) is 1. The minimum absolute atomic E-state index is 0.00788. The molecule has 300 valence electrons. The van der Waals surface area contributed by atoms with Crippen LogP contribution in [0.5, 0.6) is 5.75 Å². The summed E-state index contributed by atoms with van der Waals surface area (Å²) in [5, 5.41) is 28.1. The average molecular weight is 800 g/mol. The van der Waals surface area contributed by atoms with Gasteiger partial charge in [-0.1, -0.05) is 49.8 Å². The van der Waals surface area contributed by atoms with Gasteiger partial charge >= 0.3 is 5.97 Å². The van der Waals surface area contributed by atoms with Crippen LogP contribution < -0.4 is 31.7 Å². The number of fused-ring (bicyclic) bond motifs is 1. The van der Waals surface area contributed by atoms with E-state index in [1.807, 2.05) is 31.2 Å². The molecule has 0 saturated heterocycles.